The number of benzene rings is 1. The van der Waals surface area contributed by atoms with E-state index in [1.807, 2.05) is 60.7 Å². The second kappa shape index (κ2) is 7.49. The van der Waals surface area contributed by atoms with Crippen LogP contribution < -0.4 is 0 Å². The average Bonchev–Trinajstić information content (AvgIpc) is 3.29. The van der Waals surface area contributed by atoms with Crippen LogP contribution in [-0.2, 0) is 0 Å². The Balaban J connectivity index is 1.62. The van der Waals surface area contributed by atoms with Gasteiger partial charge >= 0.3 is 0 Å². The number of thiazole rings is 1. The van der Waals surface area contributed by atoms with Crippen molar-refractivity contribution < 1.29 is 4.79 Å². The van der Waals surface area contributed by atoms with E-state index in [2.05, 4.69) is 9.55 Å². The molecule has 3 aromatic rings. The summed E-state index contributed by atoms with van der Waals surface area (Å²) in [6, 6.07) is 9.72. The predicted octanol–water partition coefficient (Wildman–Crippen LogP) is 5.22. The third-order valence-corrected chi connectivity index (χ3v) is 6.41. The Morgan fingerprint density at radius 3 is 2.89 bits per heavy atom. The smallest absolute Gasteiger partial charge is 0.255 e. The average molecular weight is 400 g/mol. The molecule has 0 bridgehead atoms. The molecule has 0 saturated carbocycles. The molecule has 0 spiro atoms. The predicted molar refractivity (Wildman–Crippen MR) is 110 cm³/mol. The molecule has 1 aliphatic heterocycles. The summed E-state index contributed by atoms with van der Waals surface area (Å²) in [7, 11) is 0. The molecule has 6 heteroatoms. The lowest BCUT2D eigenvalue weighted by atomic mass is 9.98. The van der Waals surface area contributed by atoms with Crippen molar-refractivity contribution in [3.05, 3.63) is 68.9 Å². The van der Waals surface area contributed by atoms with Gasteiger partial charge in [0, 0.05) is 52.7 Å². The van der Waals surface area contributed by atoms with Gasteiger partial charge in [0.2, 0.25) is 0 Å². The summed E-state index contributed by atoms with van der Waals surface area (Å²) in [5, 5.41) is 3.83. The molecule has 0 N–H and O–H groups in total. The van der Waals surface area contributed by atoms with E-state index in [1.54, 1.807) is 11.3 Å². The summed E-state index contributed by atoms with van der Waals surface area (Å²) in [6.45, 7) is 5.58. The molecular formula is C21H22ClN3OS. The summed E-state index contributed by atoms with van der Waals surface area (Å²) in [4.78, 5) is 19.7. The van der Waals surface area contributed by atoms with Gasteiger partial charge in [-0.2, -0.15) is 0 Å². The van der Waals surface area contributed by atoms with Crippen molar-refractivity contribution in [2.24, 2.45) is 0 Å². The number of likely N-dealkylation sites (tertiary alicyclic amines) is 1. The minimum absolute atomic E-state index is 0.109. The molecule has 1 atom stereocenters. The van der Waals surface area contributed by atoms with Gasteiger partial charge in [0.1, 0.15) is 0 Å². The van der Waals surface area contributed by atoms with E-state index in [0.717, 1.165) is 53.6 Å². The van der Waals surface area contributed by atoms with E-state index in [-0.39, 0.29) is 5.91 Å². The lowest BCUT2D eigenvalue weighted by Gasteiger charge is -2.32. The molecule has 1 unspecified atom stereocenters. The van der Waals surface area contributed by atoms with Crippen molar-refractivity contribution in [2.75, 3.05) is 13.1 Å². The van der Waals surface area contributed by atoms with E-state index in [9.17, 15) is 4.79 Å². The van der Waals surface area contributed by atoms with Crippen LogP contribution in [0.15, 0.2) is 41.9 Å². The molecule has 140 valence electrons. The van der Waals surface area contributed by atoms with E-state index >= 15 is 0 Å². The molecule has 0 radical (unpaired) electrons. The minimum atomic E-state index is 0.109. The molecule has 4 nitrogen and oxygen atoms in total. The highest BCUT2D eigenvalue weighted by molar-refractivity contribution is 7.09. The Labute approximate surface area is 168 Å². The number of piperidine rings is 1. The molecule has 1 saturated heterocycles. The van der Waals surface area contributed by atoms with Gasteiger partial charge in [0.25, 0.3) is 5.91 Å². The number of rotatable bonds is 3. The fourth-order valence-electron chi connectivity index (χ4n) is 3.96. The van der Waals surface area contributed by atoms with Crippen molar-refractivity contribution in [3.8, 4) is 5.69 Å². The highest BCUT2D eigenvalue weighted by Gasteiger charge is 2.28. The van der Waals surface area contributed by atoms with Crippen LogP contribution in [0.2, 0.25) is 5.02 Å². The Hall–Kier alpha value is -2.11. The first-order valence-corrected chi connectivity index (χ1v) is 10.4. The fourth-order valence-corrected chi connectivity index (χ4v) is 4.91. The summed E-state index contributed by atoms with van der Waals surface area (Å²) < 4.78 is 2.10. The number of nitrogens with zero attached hydrogens (tertiary/aromatic N) is 3. The Bertz CT molecular complexity index is 964. The van der Waals surface area contributed by atoms with Gasteiger partial charge in [-0.1, -0.05) is 17.7 Å². The second-order valence-corrected chi connectivity index (χ2v) is 8.42. The van der Waals surface area contributed by atoms with Crippen molar-refractivity contribution in [1.82, 2.24) is 14.5 Å². The van der Waals surface area contributed by atoms with Crippen molar-refractivity contribution in [3.63, 3.8) is 0 Å². The standard InChI is InChI=1S/C21H22ClN3OS/c1-14-11-19(15(2)25(14)18-7-3-6-17(22)12-18)21(26)24-9-4-5-16(13-24)20-23-8-10-27-20/h3,6-8,10-12,16H,4-5,9,13H2,1-2H3. The number of hydrogen-bond donors (Lipinski definition) is 0. The molecule has 27 heavy (non-hydrogen) atoms. The second-order valence-electron chi connectivity index (χ2n) is 7.06. The number of hydrogen-bond acceptors (Lipinski definition) is 3. The maximum Gasteiger partial charge on any atom is 0.255 e. The summed E-state index contributed by atoms with van der Waals surface area (Å²) in [5.41, 5.74) is 3.74. The van der Waals surface area contributed by atoms with Crippen LogP contribution in [0, 0.1) is 13.8 Å². The molecule has 2 aromatic heterocycles. The fraction of sp³-hybridized carbons (Fsp3) is 0.333. The van der Waals surface area contributed by atoms with Gasteiger partial charge in [-0.3, -0.25) is 4.79 Å². The van der Waals surface area contributed by atoms with E-state index < -0.39 is 0 Å². The molecule has 1 fully saturated rings. The maximum absolute atomic E-state index is 13.3. The first-order valence-electron chi connectivity index (χ1n) is 9.18. The molecule has 1 aliphatic rings. The van der Waals surface area contributed by atoms with Crippen molar-refractivity contribution in [2.45, 2.75) is 32.6 Å². The van der Waals surface area contributed by atoms with Gasteiger partial charge in [0.05, 0.1) is 10.6 Å². The SMILES string of the molecule is Cc1cc(C(=O)N2CCCC(c3nccs3)C2)c(C)n1-c1cccc(Cl)c1. The largest absolute Gasteiger partial charge is 0.338 e. The van der Waals surface area contributed by atoms with Gasteiger partial charge in [-0.15, -0.1) is 11.3 Å². The number of aryl methyl sites for hydroxylation is 1. The van der Waals surface area contributed by atoms with E-state index in [4.69, 9.17) is 11.6 Å². The number of aromatic nitrogens is 2. The highest BCUT2D eigenvalue weighted by atomic mass is 35.5. The topological polar surface area (TPSA) is 38.1 Å². The zero-order valence-corrected chi connectivity index (χ0v) is 17.1. The van der Waals surface area contributed by atoms with E-state index in [1.165, 1.54) is 0 Å². The number of carbonyl (C=O) groups excluding carboxylic acids is 1. The van der Waals surface area contributed by atoms with Crippen LogP contribution in [0.3, 0.4) is 0 Å². The summed E-state index contributed by atoms with van der Waals surface area (Å²) >= 11 is 7.84. The lowest BCUT2D eigenvalue weighted by molar-refractivity contribution is 0.0706. The van der Waals surface area contributed by atoms with Gasteiger partial charge in [-0.25, -0.2) is 4.98 Å². The monoisotopic (exact) mass is 399 g/mol. The quantitative estimate of drug-likeness (QED) is 0.605. The Morgan fingerprint density at radius 1 is 1.30 bits per heavy atom. The molecule has 1 aromatic carbocycles. The van der Waals surface area contributed by atoms with E-state index in [0.29, 0.717) is 10.9 Å². The maximum atomic E-state index is 13.3. The van der Waals surface area contributed by atoms with Crippen LogP contribution in [0.25, 0.3) is 5.69 Å². The first kappa shape index (κ1) is 18.3. The van der Waals surface area contributed by atoms with Crippen molar-refractivity contribution in [1.29, 1.82) is 0 Å². The molecule has 3 heterocycles. The zero-order valence-electron chi connectivity index (χ0n) is 15.5. The van der Waals surface area contributed by atoms with Gasteiger partial charge < -0.3 is 9.47 Å². The van der Waals surface area contributed by atoms with Crippen LogP contribution in [0.5, 0.6) is 0 Å². The highest BCUT2D eigenvalue weighted by Crippen LogP contribution is 2.30. The summed E-state index contributed by atoms with van der Waals surface area (Å²) in [6.07, 6.45) is 3.96. The van der Waals surface area contributed by atoms with Crippen LogP contribution in [0.4, 0.5) is 0 Å². The number of amides is 1. The van der Waals surface area contributed by atoms with Crippen LogP contribution in [-0.4, -0.2) is 33.4 Å². The number of carbonyl (C=O) groups is 1. The minimum Gasteiger partial charge on any atom is -0.338 e. The lowest BCUT2D eigenvalue weighted by Crippen LogP contribution is -2.39. The van der Waals surface area contributed by atoms with Crippen molar-refractivity contribution >= 4 is 28.8 Å². The molecular weight excluding hydrogens is 378 g/mol. The Kier molecular flexibility index (Phi) is 5.06. The van der Waals surface area contributed by atoms with Crippen LogP contribution >= 0.6 is 22.9 Å². The molecule has 4 rings (SSSR count). The Morgan fingerprint density at radius 2 is 2.15 bits per heavy atom. The van der Waals surface area contributed by atoms with Gasteiger partial charge in [0.15, 0.2) is 0 Å². The normalized spacial score (nSPS) is 17.3. The molecule has 0 aliphatic carbocycles. The third kappa shape index (κ3) is 3.54. The number of halogens is 1. The van der Waals surface area contributed by atoms with Crippen LogP contribution in [0.1, 0.15) is 45.5 Å². The third-order valence-electron chi connectivity index (χ3n) is 5.24. The van der Waals surface area contributed by atoms with Gasteiger partial charge in [-0.05, 0) is 51.0 Å². The first-order chi connectivity index (χ1) is 13.0. The summed E-state index contributed by atoms with van der Waals surface area (Å²) in [5.74, 6) is 0.455. The molecule has 1 amide bonds. The zero-order chi connectivity index (χ0) is 19.0.